The molecular formula is C9H12FNO2S. The van der Waals surface area contributed by atoms with Gasteiger partial charge in [-0.1, -0.05) is 18.2 Å². The summed E-state index contributed by atoms with van der Waals surface area (Å²) in [6.07, 6.45) is 0. The fraction of sp³-hybridized carbons (Fsp3) is 0.333. The summed E-state index contributed by atoms with van der Waals surface area (Å²) in [5, 5.41) is 0. The van der Waals surface area contributed by atoms with Crippen LogP contribution in [0.15, 0.2) is 24.3 Å². The molecule has 5 heteroatoms. The summed E-state index contributed by atoms with van der Waals surface area (Å²) in [6, 6.07) is 6.15. The molecule has 0 heterocycles. The monoisotopic (exact) mass is 217 g/mol. The molecule has 3 nitrogen and oxygen atoms in total. The third-order valence-electron chi connectivity index (χ3n) is 1.89. The first kappa shape index (κ1) is 11.3. The van der Waals surface area contributed by atoms with Crippen molar-refractivity contribution in [3.8, 4) is 0 Å². The van der Waals surface area contributed by atoms with Crippen LogP contribution in [0.25, 0.3) is 0 Å². The average Bonchev–Trinajstić information content (AvgIpc) is 2.02. The summed E-state index contributed by atoms with van der Waals surface area (Å²) in [5.74, 6) is -0.393. The van der Waals surface area contributed by atoms with Gasteiger partial charge in [-0.05, 0) is 19.9 Å². The SMILES string of the molecule is CC(C)(NS(=O)O)c1ccccc1F. The van der Waals surface area contributed by atoms with Crippen molar-refractivity contribution < 1.29 is 13.2 Å². The Hall–Kier alpha value is -0.780. The van der Waals surface area contributed by atoms with E-state index >= 15 is 0 Å². The van der Waals surface area contributed by atoms with E-state index in [0.717, 1.165) is 0 Å². The lowest BCUT2D eigenvalue weighted by molar-refractivity contribution is 0.438. The van der Waals surface area contributed by atoms with E-state index in [2.05, 4.69) is 4.72 Å². The Morgan fingerprint density at radius 3 is 2.50 bits per heavy atom. The fourth-order valence-electron chi connectivity index (χ4n) is 1.24. The molecule has 0 aliphatic rings. The summed E-state index contributed by atoms with van der Waals surface area (Å²) in [4.78, 5) is 0. The fourth-order valence-corrected chi connectivity index (χ4v) is 1.79. The molecule has 1 rings (SSSR count). The van der Waals surface area contributed by atoms with E-state index in [4.69, 9.17) is 4.55 Å². The van der Waals surface area contributed by atoms with Crippen LogP contribution < -0.4 is 4.72 Å². The molecule has 1 aromatic carbocycles. The van der Waals surface area contributed by atoms with Crippen LogP contribution in [0.1, 0.15) is 19.4 Å². The van der Waals surface area contributed by atoms with Crippen LogP contribution in [-0.2, 0) is 16.8 Å². The highest BCUT2D eigenvalue weighted by atomic mass is 32.2. The molecule has 0 aliphatic carbocycles. The molecule has 1 atom stereocenters. The zero-order valence-electron chi connectivity index (χ0n) is 7.95. The van der Waals surface area contributed by atoms with Crippen LogP contribution in [0.5, 0.6) is 0 Å². The zero-order valence-corrected chi connectivity index (χ0v) is 8.77. The molecule has 0 radical (unpaired) electrons. The first-order valence-electron chi connectivity index (χ1n) is 4.07. The Bertz CT molecular complexity index is 354. The van der Waals surface area contributed by atoms with Gasteiger partial charge in [-0.2, -0.15) is 0 Å². The lowest BCUT2D eigenvalue weighted by Gasteiger charge is -2.24. The summed E-state index contributed by atoms with van der Waals surface area (Å²) in [7, 11) is 0. The topological polar surface area (TPSA) is 49.3 Å². The number of hydrogen-bond donors (Lipinski definition) is 2. The molecule has 0 saturated heterocycles. The molecule has 2 N–H and O–H groups in total. The van der Waals surface area contributed by atoms with Crippen LogP contribution in [0.4, 0.5) is 4.39 Å². The normalized spacial score (nSPS) is 14.0. The zero-order chi connectivity index (χ0) is 10.8. The molecule has 78 valence electrons. The number of hydrogen-bond acceptors (Lipinski definition) is 1. The molecule has 0 amide bonds. The van der Waals surface area contributed by atoms with Gasteiger partial charge in [-0.25, -0.2) is 13.3 Å². The second-order valence-corrected chi connectivity index (χ2v) is 4.16. The second-order valence-electron chi connectivity index (χ2n) is 3.46. The molecule has 1 unspecified atom stereocenters. The van der Waals surface area contributed by atoms with Gasteiger partial charge in [0.15, 0.2) is 0 Å². The second kappa shape index (κ2) is 4.16. The van der Waals surface area contributed by atoms with Gasteiger partial charge >= 0.3 is 0 Å². The first-order valence-corrected chi connectivity index (χ1v) is 5.18. The first-order chi connectivity index (χ1) is 6.43. The molecular weight excluding hydrogens is 205 g/mol. The third kappa shape index (κ3) is 2.60. The Morgan fingerprint density at radius 1 is 1.43 bits per heavy atom. The van der Waals surface area contributed by atoms with Crippen molar-refractivity contribution in [3.05, 3.63) is 35.6 Å². The van der Waals surface area contributed by atoms with E-state index < -0.39 is 22.6 Å². The highest BCUT2D eigenvalue weighted by Crippen LogP contribution is 2.22. The third-order valence-corrected chi connectivity index (χ3v) is 2.57. The number of halogens is 1. The van der Waals surface area contributed by atoms with E-state index in [0.29, 0.717) is 5.56 Å². The number of benzene rings is 1. The maximum atomic E-state index is 13.3. The lowest BCUT2D eigenvalue weighted by atomic mass is 9.95. The predicted octanol–water partition coefficient (Wildman–Crippen LogP) is 1.79. The van der Waals surface area contributed by atoms with Crippen molar-refractivity contribution in [2.45, 2.75) is 19.4 Å². The Labute approximate surface area is 84.8 Å². The predicted molar refractivity (Wildman–Crippen MR) is 53.3 cm³/mol. The van der Waals surface area contributed by atoms with E-state index in [9.17, 15) is 8.60 Å². The lowest BCUT2D eigenvalue weighted by Crippen LogP contribution is -2.38. The summed E-state index contributed by atoms with van der Waals surface area (Å²) < 4.78 is 34.9. The smallest absolute Gasteiger partial charge is 0.232 e. The largest absolute Gasteiger partial charge is 0.294 e. The minimum absolute atomic E-state index is 0.363. The van der Waals surface area contributed by atoms with Gasteiger partial charge in [0.25, 0.3) is 0 Å². The molecule has 0 aromatic heterocycles. The van der Waals surface area contributed by atoms with Crippen LogP contribution in [0, 0.1) is 5.82 Å². The van der Waals surface area contributed by atoms with Crippen molar-refractivity contribution in [3.63, 3.8) is 0 Å². The van der Waals surface area contributed by atoms with Crippen LogP contribution in [0.2, 0.25) is 0 Å². The van der Waals surface area contributed by atoms with Gasteiger partial charge in [0.1, 0.15) is 5.82 Å². The molecule has 0 spiro atoms. The van der Waals surface area contributed by atoms with Crippen LogP contribution in [0.3, 0.4) is 0 Å². The van der Waals surface area contributed by atoms with E-state index in [1.165, 1.54) is 6.07 Å². The van der Waals surface area contributed by atoms with E-state index in [1.54, 1.807) is 32.0 Å². The summed E-state index contributed by atoms with van der Waals surface area (Å²) in [5.41, 5.74) is -0.507. The molecule has 0 bridgehead atoms. The van der Waals surface area contributed by atoms with Gasteiger partial charge in [0.2, 0.25) is 11.3 Å². The van der Waals surface area contributed by atoms with Crippen LogP contribution >= 0.6 is 0 Å². The Morgan fingerprint density at radius 2 is 2.00 bits per heavy atom. The minimum atomic E-state index is -2.16. The van der Waals surface area contributed by atoms with Crippen molar-refractivity contribution in [1.29, 1.82) is 0 Å². The van der Waals surface area contributed by atoms with Gasteiger partial charge in [-0.3, -0.25) is 4.55 Å². The molecule has 0 fully saturated rings. The van der Waals surface area contributed by atoms with Crippen molar-refractivity contribution in [2.24, 2.45) is 0 Å². The summed E-state index contributed by atoms with van der Waals surface area (Å²) >= 11 is -2.16. The highest BCUT2D eigenvalue weighted by molar-refractivity contribution is 7.77. The number of nitrogens with one attached hydrogen (secondary N) is 1. The van der Waals surface area contributed by atoms with Gasteiger partial charge in [0.05, 0.1) is 5.54 Å². The van der Waals surface area contributed by atoms with Crippen molar-refractivity contribution in [2.75, 3.05) is 0 Å². The Kier molecular flexibility index (Phi) is 3.36. The van der Waals surface area contributed by atoms with Gasteiger partial charge in [-0.15, -0.1) is 0 Å². The van der Waals surface area contributed by atoms with Crippen molar-refractivity contribution in [1.82, 2.24) is 4.72 Å². The van der Waals surface area contributed by atoms with Gasteiger partial charge < -0.3 is 0 Å². The molecule has 1 aromatic rings. The Balaban J connectivity index is 3.03. The standard InChI is InChI=1S/C9H12FNO2S/c1-9(2,11-14(12)13)7-5-3-4-6-8(7)10/h3-6,11H,1-2H3,(H,12,13). The van der Waals surface area contributed by atoms with Gasteiger partial charge in [0, 0.05) is 5.56 Å². The summed E-state index contributed by atoms with van der Waals surface area (Å²) in [6.45, 7) is 3.28. The number of rotatable bonds is 3. The van der Waals surface area contributed by atoms with Crippen LogP contribution in [-0.4, -0.2) is 8.76 Å². The van der Waals surface area contributed by atoms with Crippen molar-refractivity contribution >= 4 is 11.3 Å². The maximum Gasteiger partial charge on any atom is 0.232 e. The minimum Gasteiger partial charge on any atom is -0.294 e. The average molecular weight is 217 g/mol. The van der Waals surface area contributed by atoms with E-state index in [1.807, 2.05) is 0 Å². The highest BCUT2D eigenvalue weighted by Gasteiger charge is 2.24. The molecule has 0 saturated carbocycles. The molecule has 14 heavy (non-hydrogen) atoms. The quantitative estimate of drug-likeness (QED) is 0.758. The maximum absolute atomic E-state index is 13.3. The molecule has 0 aliphatic heterocycles. The van der Waals surface area contributed by atoms with E-state index in [-0.39, 0.29) is 0 Å².